The fourth-order valence-electron chi connectivity index (χ4n) is 4.54. The lowest BCUT2D eigenvalue weighted by molar-refractivity contribution is 0.415. The van der Waals surface area contributed by atoms with Gasteiger partial charge in [-0.3, -0.25) is 9.78 Å². The van der Waals surface area contributed by atoms with Gasteiger partial charge >= 0.3 is 0 Å². The van der Waals surface area contributed by atoms with E-state index in [-0.39, 0.29) is 4.90 Å². The molecule has 0 radical (unpaired) electrons. The fraction of sp³-hybridized carbons (Fsp3) is 0.160. The van der Waals surface area contributed by atoms with Crippen molar-refractivity contribution >= 4 is 42.9 Å². The van der Waals surface area contributed by atoms with E-state index in [2.05, 4.69) is 10.2 Å². The highest BCUT2D eigenvalue weighted by Gasteiger charge is 2.29. The average Bonchev–Trinajstić information content (AvgIpc) is 3.55. The van der Waals surface area contributed by atoms with Gasteiger partial charge in [0.1, 0.15) is 11.4 Å². The summed E-state index contributed by atoms with van der Waals surface area (Å²) in [5, 5.41) is 14.2. The average molecular weight is 487 g/mol. The number of fused-ring (bicyclic) bond motifs is 4. The first-order chi connectivity index (χ1) is 16.8. The first-order valence-corrected chi connectivity index (χ1v) is 12.4. The second kappa shape index (κ2) is 7.41. The molecule has 4 heterocycles. The van der Waals surface area contributed by atoms with Gasteiger partial charge in [-0.1, -0.05) is 17.7 Å². The normalized spacial score (nSPS) is 12.2. The minimum Gasteiger partial charge on any atom is -0.497 e. The minimum absolute atomic E-state index is 0.170. The molecular formula is C25H22N6O3S. The van der Waals surface area contributed by atoms with Crippen LogP contribution in [0.15, 0.2) is 59.6 Å². The summed E-state index contributed by atoms with van der Waals surface area (Å²) < 4.78 is 36.7. The Kier molecular flexibility index (Phi) is 4.52. The Morgan fingerprint density at radius 2 is 1.74 bits per heavy atom. The molecule has 176 valence electrons. The molecule has 1 N–H and O–H groups in total. The number of aromatic nitrogens is 6. The van der Waals surface area contributed by atoms with E-state index in [1.54, 1.807) is 42.3 Å². The summed E-state index contributed by atoms with van der Waals surface area (Å²) in [7, 11) is -0.598. The number of aryl methyl sites for hydroxylation is 3. The fourth-order valence-corrected chi connectivity index (χ4v) is 6.00. The molecule has 6 aromatic rings. The highest BCUT2D eigenvalue weighted by atomic mass is 32.2. The second-order valence-corrected chi connectivity index (χ2v) is 10.3. The van der Waals surface area contributed by atoms with Crippen molar-refractivity contribution in [3.8, 4) is 17.1 Å². The highest BCUT2D eigenvalue weighted by Crippen LogP contribution is 2.38. The summed E-state index contributed by atoms with van der Waals surface area (Å²) in [6.45, 7) is 3.76. The van der Waals surface area contributed by atoms with Gasteiger partial charge in [-0.2, -0.15) is 10.2 Å². The molecule has 4 aromatic heterocycles. The monoisotopic (exact) mass is 486 g/mol. The van der Waals surface area contributed by atoms with Gasteiger partial charge < -0.3 is 4.74 Å². The SMILES string of the molecule is COc1ccc2c(c1)c(-c1cc3c4[nH]ncc4c(C)nc3n1S(=O)(=O)c1ccc(C)cc1)nn2C. The van der Waals surface area contributed by atoms with Crippen molar-refractivity contribution in [1.82, 2.24) is 28.9 Å². The molecule has 0 fully saturated rings. The van der Waals surface area contributed by atoms with E-state index in [1.165, 1.54) is 3.97 Å². The Morgan fingerprint density at radius 3 is 2.49 bits per heavy atom. The zero-order valence-electron chi connectivity index (χ0n) is 19.6. The van der Waals surface area contributed by atoms with Gasteiger partial charge in [-0.05, 0) is 50.2 Å². The zero-order chi connectivity index (χ0) is 24.5. The Morgan fingerprint density at radius 1 is 0.971 bits per heavy atom. The maximum atomic E-state index is 14.1. The third-order valence-corrected chi connectivity index (χ3v) is 8.08. The van der Waals surface area contributed by atoms with Crippen molar-refractivity contribution in [2.24, 2.45) is 7.05 Å². The third-order valence-electron chi connectivity index (χ3n) is 6.36. The Hall–Kier alpha value is -4.18. The Balaban J connectivity index is 1.77. The summed E-state index contributed by atoms with van der Waals surface area (Å²) in [5.41, 5.74) is 4.47. The van der Waals surface area contributed by atoms with Gasteiger partial charge in [-0.15, -0.1) is 0 Å². The van der Waals surface area contributed by atoms with Crippen molar-refractivity contribution in [2.45, 2.75) is 18.7 Å². The maximum absolute atomic E-state index is 14.1. The van der Waals surface area contributed by atoms with Crippen molar-refractivity contribution in [3.05, 3.63) is 66.0 Å². The molecular weight excluding hydrogens is 464 g/mol. The number of rotatable bonds is 4. The molecule has 9 nitrogen and oxygen atoms in total. The van der Waals surface area contributed by atoms with Gasteiger partial charge in [0.2, 0.25) is 0 Å². The Labute approximate surface area is 201 Å². The molecule has 6 rings (SSSR count). The van der Waals surface area contributed by atoms with Crippen LogP contribution in [0.2, 0.25) is 0 Å². The molecule has 0 atom stereocenters. The van der Waals surface area contributed by atoms with Crippen LogP contribution >= 0.6 is 0 Å². The molecule has 0 saturated heterocycles. The molecule has 0 aliphatic heterocycles. The van der Waals surface area contributed by atoms with E-state index in [9.17, 15) is 8.42 Å². The number of hydrogen-bond donors (Lipinski definition) is 1. The quantitative estimate of drug-likeness (QED) is 0.397. The van der Waals surface area contributed by atoms with Crippen molar-refractivity contribution in [2.75, 3.05) is 7.11 Å². The minimum atomic E-state index is -4.02. The van der Waals surface area contributed by atoms with Crippen LogP contribution in [-0.2, 0) is 17.1 Å². The summed E-state index contributed by atoms with van der Waals surface area (Å²) >= 11 is 0. The van der Waals surface area contributed by atoms with Crippen LogP contribution in [0.4, 0.5) is 0 Å². The molecule has 0 bridgehead atoms. The summed E-state index contributed by atoms with van der Waals surface area (Å²) in [6.07, 6.45) is 1.70. The van der Waals surface area contributed by atoms with E-state index in [0.29, 0.717) is 33.9 Å². The predicted octanol–water partition coefficient (Wildman–Crippen LogP) is 4.33. The number of nitrogens with zero attached hydrogens (tertiary/aromatic N) is 5. The predicted molar refractivity (Wildman–Crippen MR) is 134 cm³/mol. The lowest BCUT2D eigenvalue weighted by atomic mass is 10.1. The number of methoxy groups -OCH3 is 1. The van der Waals surface area contributed by atoms with E-state index in [4.69, 9.17) is 14.8 Å². The van der Waals surface area contributed by atoms with E-state index in [0.717, 1.165) is 27.4 Å². The van der Waals surface area contributed by atoms with Crippen LogP contribution in [0.1, 0.15) is 11.3 Å². The topological polar surface area (TPSA) is 108 Å². The molecule has 0 aliphatic carbocycles. The van der Waals surface area contributed by atoms with Crippen LogP contribution < -0.4 is 4.74 Å². The molecule has 35 heavy (non-hydrogen) atoms. The number of benzene rings is 2. The molecule has 0 unspecified atom stereocenters. The van der Waals surface area contributed by atoms with Crippen LogP contribution in [0.3, 0.4) is 0 Å². The summed E-state index contributed by atoms with van der Waals surface area (Å²) in [5.74, 6) is 0.653. The molecule has 10 heteroatoms. The van der Waals surface area contributed by atoms with E-state index < -0.39 is 10.0 Å². The van der Waals surface area contributed by atoms with Crippen molar-refractivity contribution in [1.29, 1.82) is 0 Å². The molecule has 0 aliphatic rings. The highest BCUT2D eigenvalue weighted by molar-refractivity contribution is 7.90. The number of aromatic amines is 1. The second-order valence-electron chi connectivity index (χ2n) is 8.56. The maximum Gasteiger partial charge on any atom is 0.269 e. The molecule has 0 saturated carbocycles. The van der Waals surface area contributed by atoms with Gasteiger partial charge in [0, 0.05) is 23.2 Å². The molecule has 2 aromatic carbocycles. The zero-order valence-corrected chi connectivity index (χ0v) is 20.4. The molecule has 0 amide bonds. The first-order valence-electron chi connectivity index (χ1n) is 11.0. The van der Waals surface area contributed by atoms with Crippen LogP contribution in [-0.4, -0.2) is 44.5 Å². The molecule has 0 spiro atoms. The van der Waals surface area contributed by atoms with Gasteiger partial charge in [0.05, 0.1) is 40.6 Å². The van der Waals surface area contributed by atoms with Gasteiger partial charge in [-0.25, -0.2) is 17.4 Å². The lowest BCUT2D eigenvalue weighted by Crippen LogP contribution is -2.15. The third kappa shape index (κ3) is 3.06. The van der Waals surface area contributed by atoms with Gasteiger partial charge in [0.15, 0.2) is 5.65 Å². The standard InChI is InChI=1S/C25H22N6O3S/c1-14-5-8-17(9-6-14)35(32,33)31-22(12-19-23-20(13-26-28-23)15(2)27-25(19)31)24-18-11-16(34-4)7-10-21(18)30(3)29-24/h5-13H,1-4H3,(H,26,28). The lowest BCUT2D eigenvalue weighted by Gasteiger charge is -2.11. The smallest absolute Gasteiger partial charge is 0.269 e. The summed E-state index contributed by atoms with van der Waals surface area (Å²) in [4.78, 5) is 4.89. The van der Waals surface area contributed by atoms with Crippen LogP contribution in [0, 0.1) is 13.8 Å². The van der Waals surface area contributed by atoms with E-state index >= 15 is 0 Å². The first kappa shape index (κ1) is 21.4. The van der Waals surface area contributed by atoms with Crippen LogP contribution in [0.5, 0.6) is 5.75 Å². The Bertz CT molecular complexity index is 1880. The number of nitrogens with one attached hydrogen (secondary N) is 1. The number of ether oxygens (including phenoxy) is 1. The van der Waals surface area contributed by atoms with E-state index in [1.807, 2.05) is 45.2 Å². The number of hydrogen-bond acceptors (Lipinski definition) is 6. The van der Waals surface area contributed by atoms with Crippen molar-refractivity contribution < 1.29 is 13.2 Å². The van der Waals surface area contributed by atoms with Gasteiger partial charge in [0.25, 0.3) is 10.0 Å². The number of H-pyrrole nitrogens is 1. The summed E-state index contributed by atoms with van der Waals surface area (Å²) in [6, 6.07) is 14.2. The van der Waals surface area contributed by atoms with Crippen LogP contribution in [0.25, 0.3) is 44.2 Å². The van der Waals surface area contributed by atoms with Crippen molar-refractivity contribution in [3.63, 3.8) is 0 Å². The number of pyridine rings is 1. The largest absolute Gasteiger partial charge is 0.497 e.